The number of rotatable bonds is 2. The zero-order valence-electron chi connectivity index (χ0n) is 10.0. The summed E-state index contributed by atoms with van der Waals surface area (Å²) in [5.41, 5.74) is 6.41. The van der Waals surface area contributed by atoms with Gasteiger partial charge in [-0.3, -0.25) is 4.79 Å². The fourth-order valence-electron chi connectivity index (χ4n) is 2.26. The van der Waals surface area contributed by atoms with Crippen LogP contribution in [0.2, 0.25) is 5.02 Å². The van der Waals surface area contributed by atoms with Gasteiger partial charge >= 0.3 is 0 Å². The van der Waals surface area contributed by atoms with Gasteiger partial charge in [-0.25, -0.2) is 0 Å². The standard InChI is InChI=1S/C13H17ClN2O2/c14-9-5-3-4-8(12(9)15)13(18)16-10-6-1-2-7-11(10)17/h3-5,10-11,17H,1-2,6-7,15H2,(H,16,18)/t10-,11-/m1/s1. The summed E-state index contributed by atoms with van der Waals surface area (Å²) in [5.74, 6) is -0.277. The van der Waals surface area contributed by atoms with Gasteiger partial charge in [0.25, 0.3) is 5.91 Å². The molecule has 5 heteroatoms. The SMILES string of the molecule is Nc1c(Cl)cccc1C(=O)N[C@@H]1CCCC[C@H]1O. The van der Waals surface area contributed by atoms with E-state index in [0.29, 0.717) is 10.6 Å². The summed E-state index contributed by atoms with van der Waals surface area (Å²) < 4.78 is 0. The lowest BCUT2D eigenvalue weighted by atomic mass is 9.92. The van der Waals surface area contributed by atoms with E-state index in [1.54, 1.807) is 18.2 Å². The number of hydrogen-bond acceptors (Lipinski definition) is 3. The van der Waals surface area contributed by atoms with Gasteiger partial charge in [-0.1, -0.05) is 30.5 Å². The summed E-state index contributed by atoms with van der Waals surface area (Å²) in [6.45, 7) is 0. The molecule has 1 aliphatic rings. The van der Waals surface area contributed by atoms with Crippen LogP contribution in [-0.2, 0) is 0 Å². The summed E-state index contributed by atoms with van der Waals surface area (Å²) in [5, 5.41) is 13.0. The number of carbonyl (C=O) groups excluding carboxylic acids is 1. The van der Waals surface area contributed by atoms with E-state index in [1.165, 1.54) is 0 Å². The second kappa shape index (κ2) is 5.59. The van der Waals surface area contributed by atoms with Crippen LogP contribution in [0, 0.1) is 0 Å². The zero-order chi connectivity index (χ0) is 13.1. The maximum absolute atomic E-state index is 12.1. The van der Waals surface area contributed by atoms with E-state index in [0.717, 1.165) is 25.7 Å². The minimum Gasteiger partial charge on any atom is -0.397 e. The van der Waals surface area contributed by atoms with Crippen LogP contribution in [0.3, 0.4) is 0 Å². The summed E-state index contributed by atoms with van der Waals surface area (Å²) in [7, 11) is 0. The molecule has 2 atom stereocenters. The summed E-state index contributed by atoms with van der Waals surface area (Å²) >= 11 is 5.87. The first-order chi connectivity index (χ1) is 8.59. The van der Waals surface area contributed by atoms with Crippen LogP contribution in [0.1, 0.15) is 36.0 Å². The van der Waals surface area contributed by atoms with Gasteiger partial charge in [-0.15, -0.1) is 0 Å². The molecule has 1 saturated carbocycles. The third-order valence-corrected chi connectivity index (χ3v) is 3.67. The predicted molar refractivity (Wildman–Crippen MR) is 71.6 cm³/mol. The molecule has 0 unspecified atom stereocenters. The van der Waals surface area contributed by atoms with Crippen molar-refractivity contribution in [3.63, 3.8) is 0 Å². The molecular formula is C13H17ClN2O2. The Kier molecular flexibility index (Phi) is 4.09. The number of nitrogens with one attached hydrogen (secondary N) is 1. The molecule has 0 bridgehead atoms. The molecule has 18 heavy (non-hydrogen) atoms. The molecular weight excluding hydrogens is 252 g/mol. The number of nitrogen functional groups attached to an aromatic ring is 1. The summed E-state index contributed by atoms with van der Waals surface area (Å²) in [4.78, 5) is 12.1. The van der Waals surface area contributed by atoms with E-state index in [9.17, 15) is 9.90 Å². The molecule has 0 saturated heterocycles. The summed E-state index contributed by atoms with van der Waals surface area (Å²) in [6.07, 6.45) is 3.09. The Balaban J connectivity index is 2.09. The van der Waals surface area contributed by atoms with Crippen LogP contribution < -0.4 is 11.1 Å². The molecule has 0 radical (unpaired) electrons. The van der Waals surface area contributed by atoms with Crippen molar-refractivity contribution in [1.82, 2.24) is 5.32 Å². The second-order valence-corrected chi connectivity index (χ2v) is 5.04. The number of halogens is 1. The molecule has 1 aromatic carbocycles. The van der Waals surface area contributed by atoms with Crippen LogP contribution in [-0.4, -0.2) is 23.2 Å². The Morgan fingerprint density at radius 1 is 1.39 bits per heavy atom. The fourth-order valence-corrected chi connectivity index (χ4v) is 2.44. The van der Waals surface area contributed by atoms with E-state index in [2.05, 4.69) is 5.32 Å². The molecule has 0 aromatic heterocycles. The molecule has 0 spiro atoms. The van der Waals surface area contributed by atoms with E-state index in [4.69, 9.17) is 17.3 Å². The molecule has 98 valence electrons. The quantitative estimate of drug-likeness (QED) is 0.718. The van der Waals surface area contributed by atoms with Crippen LogP contribution in [0.4, 0.5) is 5.69 Å². The minimum atomic E-state index is -0.469. The average molecular weight is 269 g/mol. The Morgan fingerprint density at radius 3 is 2.83 bits per heavy atom. The molecule has 4 N–H and O–H groups in total. The van der Waals surface area contributed by atoms with Crippen molar-refractivity contribution in [3.8, 4) is 0 Å². The highest BCUT2D eigenvalue weighted by molar-refractivity contribution is 6.33. The number of benzene rings is 1. The molecule has 4 nitrogen and oxygen atoms in total. The van der Waals surface area contributed by atoms with Crippen LogP contribution in [0.15, 0.2) is 18.2 Å². The van der Waals surface area contributed by atoms with Crippen molar-refractivity contribution in [3.05, 3.63) is 28.8 Å². The smallest absolute Gasteiger partial charge is 0.253 e. The number of aliphatic hydroxyl groups is 1. The zero-order valence-corrected chi connectivity index (χ0v) is 10.8. The minimum absolute atomic E-state index is 0.190. The normalized spacial score (nSPS) is 23.7. The van der Waals surface area contributed by atoms with E-state index < -0.39 is 6.10 Å². The number of anilines is 1. The van der Waals surface area contributed by atoms with E-state index in [-0.39, 0.29) is 17.6 Å². The second-order valence-electron chi connectivity index (χ2n) is 4.63. The molecule has 1 aromatic rings. The van der Waals surface area contributed by atoms with Crippen molar-refractivity contribution in [1.29, 1.82) is 0 Å². The summed E-state index contributed by atoms with van der Waals surface area (Å²) in [6, 6.07) is 4.77. The lowest BCUT2D eigenvalue weighted by Gasteiger charge is -2.28. The number of para-hydroxylation sites is 1. The monoisotopic (exact) mass is 268 g/mol. The van der Waals surface area contributed by atoms with Crippen molar-refractivity contribution < 1.29 is 9.90 Å². The first kappa shape index (κ1) is 13.2. The van der Waals surface area contributed by atoms with Gasteiger partial charge in [-0.2, -0.15) is 0 Å². The van der Waals surface area contributed by atoms with Crippen LogP contribution in [0.25, 0.3) is 0 Å². The van der Waals surface area contributed by atoms with Crippen molar-refractivity contribution in [2.24, 2.45) is 0 Å². The Hall–Kier alpha value is -1.26. The number of aliphatic hydroxyl groups excluding tert-OH is 1. The molecule has 0 heterocycles. The fraction of sp³-hybridized carbons (Fsp3) is 0.462. The molecule has 1 aliphatic carbocycles. The molecule has 1 amide bonds. The van der Waals surface area contributed by atoms with Crippen molar-refractivity contribution >= 4 is 23.2 Å². The van der Waals surface area contributed by atoms with Gasteiger partial charge < -0.3 is 16.2 Å². The van der Waals surface area contributed by atoms with Crippen molar-refractivity contribution in [2.75, 3.05) is 5.73 Å². The van der Waals surface area contributed by atoms with Gasteiger partial charge in [0.05, 0.1) is 28.4 Å². The van der Waals surface area contributed by atoms with Crippen LogP contribution in [0.5, 0.6) is 0 Å². The van der Waals surface area contributed by atoms with Gasteiger partial charge in [-0.05, 0) is 25.0 Å². The lowest BCUT2D eigenvalue weighted by Crippen LogP contribution is -2.45. The first-order valence-electron chi connectivity index (χ1n) is 6.12. The maximum Gasteiger partial charge on any atom is 0.253 e. The van der Waals surface area contributed by atoms with Gasteiger partial charge in [0.2, 0.25) is 0 Å². The van der Waals surface area contributed by atoms with Gasteiger partial charge in [0, 0.05) is 0 Å². The third-order valence-electron chi connectivity index (χ3n) is 3.34. The maximum atomic E-state index is 12.1. The number of amides is 1. The highest BCUT2D eigenvalue weighted by Gasteiger charge is 2.25. The predicted octanol–water partition coefficient (Wildman–Crippen LogP) is 1.96. The average Bonchev–Trinajstić information content (AvgIpc) is 2.35. The van der Waals surface area contributed by atoms with E-state index >= 15 is 0 Å². The molecule has 2 rings (SSSR count). The molecule has 0 aliphatic heterocycles. The molecule has 1 fully saturated rings. The number of nitrogens with two attached hydrogens (primary N) is 1. The number of carbonyl (C=O) groups is 1. The van der Waals surface area contributed by atoms with Crippen LogP contribution >= 0.6 is 11.6 Å². The largest absolute Gasteiger partial charge is 0.397 e. The highest BCUT2D eigenvalue weighted by atomic mass is 35.5. The third kappa shape index (κ3) is 2.76. The Bertz CT molecular complexity index is 451. The highest BCUT2D eigenvalue weighted by Crippen LogP contribution is 2.23. The first-order valence-corrected chi connectivity index (χ1v) is 6.50. The topological polar surface area (TPSA) is 75.4 Å². The lowest BCUT2D eigenvalue weighted by molar-refractivity contribution is 0.0718. The Morgan fingerprint density at radius 2 is 2.11 bits per heavy atom. The van der Waals surface area contributed by atoms with E-state index in [1.807, 2.05) is 0 Å². The number of hydrogen-bond donors (Lipinski definition) is 3. The van der Waals surface area contributed by atoms with Gasteiger partial charge in [0.15, 0.2) is 0 Å². The van der Waals surface area contributed by atoms with Crippen molar-refractivity contribution in [2.45, 2.75) is 37.8 Å². The Labute approximate surface area is 111 Å². The van der Waals surface area contributed by atoms with Gasteiger partial charge in [0.1, 0.15) is 0 Å².